The summed E-state index contributed by atoms with van der Waals surface area (Å²) in [7, 11) is 1.45. The third-order valence-electron chi connectivity index (χ3n) is 5.96. The molecular formula is C28H32ClF4N5O3S. The first-order valence-electron chi connectivity index (χ1n) is 13.1. The summed E-state index contributed by atoms with van der Waals surface area (Å²) in [5, 5.41) is 5.75. The van der Waals surface area contributed by atoms with Crippen LogP contribution in [0.4, 0.5) is 34.8 Å². The molecule has 1 amide bonds. The van der Waals surface area contributed by atoms with E-state index < -0.39 is 30.0 Å². The monoisotopic (exact) mass is 629 g/mol. The number of aryl methyl sites for hydroxylation is 1. The molecule has 0 aliphatic heterocycles. The molecule has 4 rings (SSSR count). The molecule has 0 bridgehead atoms. The summed E-state index contributed by atoms with van der Waals surface area (Å²) in [5.41, 5.74) is 0.501. The number of alkyl halides is 3. The summed E-state index contributed by atoms with van der Waals surface area (Å²) >= 11 is 7.06. The minimum Gasteiger partial charge on any atom is -0.454 e. The fourth-order valence-electron chi connectivity index (χ4n) is 3.72. The molecule has 3 aromatic rings. The van der Waals surface area contributed by atoms with Crippen LogP contribution < -0.4 is 30.4 Å². The van der Waals surface area contributed by atoms with E-state index >= 15 is 0 Å². The number of aromatic nitrogens is 1. The summed E-state index contributed by atoms with van der Waals surface area (Å²) in [6.45, 7) is 5.98. The first-order valence-corrected chi connectivity index (χ1v) is 14.3. The van der Waals surface area contributed by atoms with Crippen molar-refractivity contribution in [2.45, 2.75) is 52.8 Å². The lowest BCUT2D eigenvalue weighted by atomic mass is 10.1. The fraction of sp³-hybridized carbons (Fsp3) is 0.357. The standard InChI is InChI=1S/C26H26ClF4N5O3S.C2H6/c1-13-7-10-17(16(28)11-13)34-23-20(24(37)33-15-8-9-15)22(14(2)25(38)36(23)3)39-19-6-4-5-18(21(19)27)35-40-32-12-26(29,30)31;1-2/h4-7,10-11,15,32,34-35H,8-9,12H2,1-3H3,(H,33,37);1-2H3. The van der Waals surface area contributed by atoms with Crippen molar-refractivity contribution in [1.82, 2.24) is 14.6 Å². The summed E-state index contributed by atoms with van der Waals surface area (Å²) in [5.74, 6) is -1.18. The van der Waals surface area contributed by atoms with Gasteiger partial charge in [-0.15, -0.1) is 0 Å². The van der Waals surface area contributed by atoms with Crippen LogP contribution in [0.15, 0.2) is 41.2 Å². The van der Waals surface area contributed by atoms with E-state index in [1.54, 1.807) is 13.0 Å². The summed E-state index contributed by atoms with van der Waals surface area (Å²) in [6, 6.07) is 8.98. The maximum absolute atomic E-state index is 14.8. The molecular weight excluding hydrogens is 598 g/mol. The van der Waals surface area contributed by atoms with Crippen LogP contribution in [0.1, 0.15) is 48.2 Å². The van der Waals surface area contributed by atoms with E-state index in [0.29, 0.717) is 17.7 Å². The van der Waals surface area contributed by atoms with E-state index in [-0.39, 0.29) is 50.9 Å². The molecule has 42 heavy (non-hydrogen) atoms. The zero-order chi connectivity index (χ0) is 31.2. The lowest BCUT2D eigenvalue weighted by molar-refractivity contribution is -0.120. The van der Waals surface area contributed by atoms with Crippen molar-refractivity contribution in [3.63, 3.8) is 0 Å². The van der Waals surface area contributed by atoms with Gasteiger partial charge in [-0.25, -0.2) is 9.11 Å². The highest BCUT2D eigenvalue weighted by Crippen LogP contribution is 2.40. The number of halogens is 5. The molecule has 1 saturated carbocycles. The van der Waals surface area contributed by atoms with Crippen molar-refractivity contribution in [3.8, 4) is 11.5 Å². The van der Waals surface area contributed by atoms with Crippen LogP contribution in [0.5, 0.6) is 11.5 Å². The van der Waals surface area contributed by atoms with E-state index in [9.17, 15) is 27.2 Å². The van der Waals surface area contributed by atoms with Crippen molar-refractivity contribution >= 4 is 46.8 Å². The van der Waals surface area contributed by atoms with Crippen LogP contribution in [0.25, 0.3) is 0 Å². The number of rotatable bonds is 10. The van der Waals surface area contributed by atoms with E-state index in [4.69, 9.17) is 16.3 Å². The molecule has 1 aliphatic carbocycles. The molecule has 14 heteroatoms. The van der Waals surface area contributed by atoms with Crippen LogP contribution in [0.2, 0.25) is 5.02 Å². The van der Waals surface area contributed by atoms with Crippen LogP contribution in [-0.2, 0) is 7.05 Å². The van der Waals surface area contributed by atoms with E-state index in [0.717, 1.165) is 12.8 Å². The number of ether oxygens (including phenoxy) is 1. The summed E-state index contributed by atoms with van der Waals surface area (Å²) in [4.78, 5) is 26.7. The molecule has 8 nitrogen and oxygen atoms in total. The van der Waals surface area contributed by atoms with Gasteiger partial charge in [0, 0.05) is 25.2 Å². The molecule has 2 aromatic carbocycles. The molecule has 0 radical (unpaired) electrons. The van der Waals surface area contributed by atoms with Crippen LogP contribution >= 0.6 is 23.7 Å². The number of nitrogens with zero attached hydrogens (tertiary/aromatic N) is 1. The highest BCUT2D eigenvalue weighted by Gasteiger charge is 2.31. The van der Waals surface area contributed by atoms with E-state index in [1.165, 1.54) is 48.9 Å². The summed E-state index contributed by atoms with van der Waals surface area (Å²) < 4.78 is 64.1. The minimum atomic E-state index is -4.40. The Morgan fingerprint density at radius 1 is 1.14 bits per heavy atom. The van der Waals surface area contributed by atoms with Crippen LogP contribution in [0, 0.1) is 19.7 Å². The van der Waals surface area contributed by atoms with Gasteiger partial charge in [0.05, 0.1) is 16.9 Å². The number of hydrogen-bond acceptors (Lipinski definition) is 7. The predicted octanol–water partition coefficient (Wildman–Crippen LogP) is 7.38. The average molecular weight is 630 g/mol. The molecule has 0 unspecified atom stereocenters. The second-order valence-corrected chi connectivity index (χ2v) is 10.3. The highest BCUT2D eigenvalue weighted by molar-refractivity contribution is 7.98. The number of hydrogen-bond donors (Lipinski definition) is 4. The number of pyridine rings is 1. The van der Waals surface area contributed by atoms with Crippen LogP contribution in [-0.4, -0.2) is 29.2 Å². The van der Waals surface area contributed by atoms with Gasteiger partial charge in [0.15, 0.2) is 5.75 Å². The van der Waals surface area contributed by atoms with Crippen molar-refractivity contribution in [2.75, 3.05) is 16.6 Å². The smallest absolute Gasteiger partial charge is 0.402 e. The third kappa shape index (κ3) is 8.33. The Labute approximate surface area is 250 Å². The quantitative estimate of drug-likeness (QED) is 0.106. The third-order valence-corrected chi connectivity index (χ3v) is 6.96. The fourth-order valence-corrected chi connectivity index (χ4v) is 4.58. The molecule has 1 heterocycles. The van der Waals surface area contributed by atoms with Gasteiger partial charge >= 0.3 is 6.18 Å². The minimum absolute atomic E-state index is 0.00322. The Morgan fingerprint density at radius 2 is 1.83 bits per heavy atom. The lowest BCUT2D eigenvalue weighted by Crippen LogP contribution is -2.31. The molecule has 1 fully saturated rings. The van der Waals surface area contributed by atoms with E-state index in [1.807, 2.05) is 13.8 Å². The Kier molecular flexibility index (Phi) is 11.2. The molecule has 0 atom stereocenters. The molecule has 1 aliphatic rings. The number of anilines is 3. The first-order chi connectivity index (χ1) is 19.9. The average Bonchev–Trinajstić information content (AvgIpc) is 3.75. The Morgan fingerprint density at radius 3 is 2.45 bits per heavy atom. The maximum atomic E-state index is 14.8. The normalized spacial score (nSPS) is 12.7. The second-order valence-electron chi connectivity index (χ2n) is 9.26. The number of amides is 1. The largest absolute Gasteiger partial charge is 0.454 e. The molecule has 0 spiro atoms. The van der Waals surface area contributed by atoms with Gasteiger partial charge in [-0.3, -0.25) is 14.2 Å². The van der Waals surface area contributed by atoms with Crippen molar-refractivity contribution < 1.29 is 27.1 Å². The van der Waals surface area contributed by atoms with Crippen molar-refractivity contribution in [3.05, 3.63) is 74.3 Å². The van der Waals surface area contributed by atoms with Gasteiger partial charge in [-0.05, 0) is 56.5 Å². The SMILES string of the molecule is CC.Cc1ccc(Nc2c(C(=O)NC3CC3)c(Oc3cccc(NSNCC(F)(F)F)c3Cl)c(C)c(=O)n2C)c(F)c1. The molecule has 0 saturated heterocycles. The number of carbonyl (C=O) groups is 1. The topological polar surface area (TPSA) is 96.4 Å². The first kappa shape index (κ1) is 33.1. The van der Waals surface area contributed by atoms with Crippen LogP contribution in [0.3, 0.4) is 0 Å². The van der Waals surface area contributed by atoms with Crippen molar-refractivity contribution in [2.24, 2.45) is 7.05 Å². The summed E-state index contributed by atoms with van der Waals surface area (Å²) in [6.07, 6.45) is -2.81. The number of carbonyl (C=O) groups excluding carboxylic acids is 1. The highest BCUT2D eigenvalue weighted by atomic mass is 35.5. The Bertz CT molecular complexity index is 1500. The molecule has 228 valence electrons. The Balaban J connectivity index is 0.00000237. The lowest BCUT2D eigenvalue weighted by Gasteiger charge is -2.22. The zero-order valence-electron chi connectivity index (χ0n) is 23.6. The molecule has 4 N–H and O–H groups in total. The van der Waals surface area contributed by atoms with Gasteiger partial charge in [0.1, 0.15) is 34.5 Å². The van der Waals surface area contributed by atoms with Gasteiger partial charge in [0.2, 0.25) is 0 Å². The number of benzene rings is 2. The van der Waals surface area contributed by atoms with Gasteiger partial charge in [0.25, 0.3) is 11.5 Å². The predicted molar refractivity (Wildman–Crippen MR) is 159 cm³/mol. The van der Waals surface area contributed by atoms with E-state index in [2.05, 4.69) is 20.1 Å². The zero-order valence-corrected chi connectivity index (χ0v) is 25.2. The van der Waals surface area contributed by atoms with Crippen molar-refractivity contribution in [1.29, 1.82) is 0 Å². The molecule has 1 aromatic heterocycles. The van der Waals surface area contributed by atoms with Gasteiger partial charge < -0.3 is 20.1 Å². The van der Waals surface area contributed by atoms with Gasteiger partial charge in [-0.1, -0.05) is 37.6 Å². The maximum Gasteiger partial charge on any atom is 0.402 e. The van der Waals surface area contributed by atoms with Gasteiger partial charge in [-0.2, -0.15) is 13.2 Å². The number of nitrogens with one attached hydrogen (secondary N) is 4. The Hall–Kier alpha value is -3.42. The second kappa shape index (κ2) is 14.2.